The van der Waals surface area contributed by atoms with Gasteiger partial charge in [0.05, 0.1) is 21.7 Å². The number of fused-ring (bicyclic) bond motifs is 1. The Balaban J connectivity index is 1.94. The van der Waals surface area contributed by atoms with E-state index >= 15 is 0 Å². The number of nitrogens with zero attached hydrogens (tertiary/aromatic N) is 3. The summed E-state index contributed by atoms with van der Waals surface area (Å²) in [5, 5.41) is 10.7. The van der Waals surface area contributed by atoms with Crippen molar-refractivity contribution in [3.63, 3.8) is 0 Å². The number of hydrogen-bond acceptors (Lipinski definition) is 5. The zero-order valence-corrected chi connectivity index (χ0v) is 16.0. The van der Waals surface area contributed by atoms with Crippen LogP contribution < -0.4 is 4.80 Å². The molecule has 1 heterocycles. The van der Waals surface area contributed by atoms with Crippen LogP contribution in [-0.4, -0.2) is 29.1 Å². The molecule has 0 radical (unpaired) electrons. The van der Waals surface area contributed by atoms with Gasteiger partial charge in [0, 0.05) is 37.9 Å². The summed E-state index contributed by atoms with van der Waals surface area (Å²) in [5.74, 6) is -2.07. The number of nitro groups is 1. The highest BCUT2D eigenvalue weighted by molar-refractivity contribution is 7.16. The predicted octanol–water partition coefficient (Wildman–Crippen LogP) is 3.68. The Hall–Kier alpha value is -3.24. The fourth-order valence-electron chi connectivity index (χ4n) is 2.61. The lowest BCUT2D eigenvalue weighted by Crippen LogP contribution is -2.19. The van der Waals surface area contributed by atoms with Crippen molar-refractivity contribution >= 4 is 39.2 Å². The average molecular weight is 419 g/mol. The maximum atomic E-state index is 14.3. The van der Waals surface area contributed by atoms with Crippen LogP contribution in [0.4, 0.5) is 14.5 Å². The summed E-state index contributed by atoms with van der Waals surface area (Å²) in [6.45, 7) is 0.486. The molecule has 150 valence electrons. The molecule has 0 aliphatic carbocycles. The lowest BCUT2D eigenvalue weighted by atomic mass is 10.2. The first-order chi connectivity index (χ1) is 13.9. The number of non-ortho nitro benzene ring substituents is 1. The van der Waals surface area contributed by atoms with Crippen LogP contribution in [-0.2, 0) is 16.1 Å². The summed E-state index contributed by atoms with van der Waals surface area (Å²) >= 11 is 0.989. The van der Waals surface area contributed by atoms with Gasteiger partial charge in [-0.3, -0.25) is 14.9 Å². The van der Waals surface area contributed by atoms with E-state index in [0.29, 0.717) is 10.3 Å². The standard InChI is InChI=1S/C19H15F2N3O4S/c1-28-9-8-23-18-15(21)10-13(20)11-16(18)29-19(23)22-17(25)7-4-12-2-5-14(6-3-12)24(26)27/h2-7,10-11H,8-9H2,1H3. The number of benzene rings is 2. The highest BCUT2D eigenvalue weighted by Gasteiger charge is 2.13. The van der Waals surface area contributed by atoms with Crippen LogP contribution in [0.15, 0.2) is 47.5 Å². The quantitative estimate of drug-likeness (QED) is 0.347. The van der Waals surface area contributed by atoms with Crippen molar-refractivity contribution in [2.24, 2.45) is 4.99 Å². The van der Waals surface area contributed by atoms with Crippen molar-refractivity contribution in [3.05, 3.63) is 74.6 Å². The Kier molecular flexibility index (Phi) is 6.25. The van der Waals surface area contributed by atoms with Crippen LogP contribution in [0.1, 0.15) is 5.56 Å². The Bertz CT molecular complexity index is 1170. The number of ether oxygens (including phenoxy) is 1. The maximum absolute atomic E-state index is 14.3. The minimum atomic E-state index is -0.748. The second-order valence-corrected chi connectivity index (χ2v) is 6.90. The van der Waals surface area contributed by atoms with Crippen LogP contribution >= 0.6 is 11.3 Å². The SMILES string of the molecule is COCCn1c(=NC(=O)C=Cc2ccc([N+](=O)[O-])cc2)sc2cc(F)cc(F)c21. The first-order valence-corrected chi connectivity index (χ1v) is 9.19. The normalized spacial score (nSPS) is 12.2. The van der Waals surface area contributed by atoms with Crippen LogP contribution in [0.2, 0.25) is 0 Å². The minimum absolute atomic E-state index is 0.0584. The number of methoxy groups -OCH3 is 1. The molecule has 0 N–H and O–H groups in total. The van der Waals surface area contributed by atoms with Gasteiger partial charge in [0.2, 0.25) is 0 Å². The van der Waals surface area contributed by atoms with Gasteiger partial charge in [-0.05, 0) is 29.8 Å². The molecule has 1 aromatic heterocycles. The van der Waals surface area contributed by atoms with Crippen LogP contribution in [0, 0.1) is 21.7 Å². The molecule has 0 saturated heterocycles. The lowest BCUT2D eigenvalue weighted by molar-refractivity contribution is -0.384. The molecule has 0 unspecified atom stereocenters. The van der Waals surface area contributed by atoms with Gasteiger partial charge in [-0.1, -0.05) is 11.3 Å². The number of thiazole rings is 1. The van der Waals surface area contributed by atoms with E-state index in [-0.39, 0.29) is 29.2 Å². The molecule has 0 spiro atoms. The van der Waals surface area contributed by atoms with Gasteiger partial charge in [0.1, 0.15) is 5.82 Å². The molecule has 0 bridgehead atoms. The molecule has 0 aliphatic rings. The third kappa shape index (κ3) is 4.79. The van der Waals surface area contributed by atoms with Crippen LogP contribution in [0.3, 0.4) is 0 Å². The molecule has 0 saturated carbocycles. The number of rotatable bonds is 6. The molecular weight excluding hydrogens is 404 g/mol. The smallest absolute Gasteiger partial charge is 0.272 e. The number of amides is 1. The number of carbonyl (C=O) groups excluding carboxylic acids is 1. The molecule has 1 amide bonds. The Labute approximate surface area is 167 Å². The fraction of sp³-hybridized carbons (Fsp3) is 0.158. The number of halogens is 2. The van der Waals surface area contributed by atoms with E-state index in [1.807, 2.05) is 0 Å². The molecule has 29 heavy (non-hydrogen) atoms. The molecule has 7 nitrogen and oxygen atoms in total. The first-order valence-electron chi connectivity index (χ1n) is 8.37. The zero-order chi connectivity index (χ0) is 21.0. The largest absolute Gasteiger partial charge is 0.383 e. The lowest BCUT2D eigenvalue weighted by Gasteiger charge is -2.04. The molecule has 0 aliphatic heterocycles. The van der Waals surface area contributed by atoms with E-state index in [2.05, 4.69) is 4.99 Å². The van der Waals surface area contributed by atoms with E-state index in [1.54, 1.807) is 0 Å². The monoisotopic (exact) mass is 419 g/mol. The van der Waals surface area contributed by atoms with Gasteiger partial charge in [-0.2, -0.15) is 4.99 Å². The topological polar surface area (TPSA) is 86.7 Å². The average Bonchev–Trinajstić information content (AvgIpc) is 3.01. The van der Waals surface area contributed by atoms with Crippen molar-refractivity contribution in [2.45, 2.75) is 6.54 Å². The molecule has 2 aromatic carbocycles. The highest BCUT2D eigenvalue weighted by atomic mass is 32.1. The van der Waals surface area contributed by atoms with Crippen LogP contribution in [0.25, 0.3) is 16.3 Å². The van der Waals surface area contributed by atoms with Crippen molar-refractivity contribution < 1.29 is 23.2 Å². The van der Waals surface area contributed by atoms with Gasteiger partial charge >= 0.3 is 0 Å². The Morgan fingerprint density at radius 2 is 2.03 bits per heavy atom. The Morgan fingerprint density at radius 1 is 1.31 bits per heavy atom. The van der Waals surface area contributed by atoms with Crippen molar-refractivity contribution in [3.8, 4) is 0 Å². The van der Waals surface area contributed by atoms with Crippen LogP contribution in [0.5, 0.6) is 0 Å². The number of aromatic nitrogens is 1. The molecule has 3 rings (SSSR count). The van der Waals surface area contributed by atoms with Gasteiger partial charge in [0.15, 0.2) is 10.6 Å². The van der Waals surface area contributed by atoms with Crippen molar-refractivity contribution in [1.82, 2.24) is 4.57 Å². The minimum Gasteiger partial charge on any atom is -0.383 e. The number of carbonyl (C=O) groups is 1. The summed E-state index contributed by atoms with van der Waals surface area (Å²) in [5.41, 5.74) is 0.673. The van der Waals surface area contributed by atoms with E-state index in [9.17, 15) is 23.7 Å². The summed E-state index contributed by atoms with van der Waals surface area (Å²) in [7, 11) is 1.49. The van der Waals surface area contributed by atoms with E-state index in [0.717, 1.165) is 17.4 Å². The second-order valence-electron chi connectivity index (χ2n) is 5.90. The first kappa shape index (κ1) is 20.5. The van der Waals surface area contributed by atoms with E-state index in [4.69, 9.17) is 4.74 Å². The fourth-order valence-corrected chi connectivity index (χ4v) is 3.71. The summed E-state index contributed by atoms with van der Waals surface area (Å²) in [6, 6.07) is 7.60. The number of nitro benzene ring substituents is 1. The molecular formula is C19H15F2N3O4S. The highest BCUT2D eigenvalue weighted by Crippen LogP contribution is 2.22. The molecule has 3 aromatic rings. The third-order valence-corrected chi connectivity index (χ3v) is 4.97. The van der Waals surface area contributed by atoms with Gasteiger partial charge in [0.25, 0.3) is 11.6 Å². The molecule has 0 fully saturated rings. The Morgan fingerprint density at radius 3 is 2.69 bits per heavy atom. The predicted molar refractivity (Wildman–Crippen MR) is 104 cm³/mol. The molecule has 0 atom stereocenters. The van der Waals surface area contributed by atoms with E-state index in [1.165, 1.54) is 54.2 Å². The summed E-state index contributed by atoms with van der Waals surface area (Å²) in [6.07, 6.45) is 2.66. The van der Waals surface area contributed by atoms with Gasteiger partial charge < -0.3 is 9.30 Å². The second kappa shape index (κ2) is 8.84. The van der Waals surface area contributed by atoms with E-state index < -0.39 is 22.5 Å². The van der Waals surface area contributed by atoms with Gasteiger partial charge in [-0.25, -0.2) is 8.78 Å². The maximum Gasteiger partial charge on any atom is 0.272 e. The van der Waals surface area contributed by atoms with Crippen molar-refractivity contribution in [2.75, 3.05) is 13.7 Å². The number of hydrogen-bond donors (Lipinski definition) is 0. The zero-order valence-electron chi connectivity index (χ0n) is 15.2. The summed E-state index contributed by atoms with van der Waals surface area (Å²) in [4.78, 5) is 26.6. The van der Waals surface area contributed by atoms with Gasteiger partial charge in [-0.15, -0.1) is 0 Å². The van der Waals surface area contributed by atoms with Crippen molar-refractivity contribution in [1.29, 1.82) is 0 Å². The third-order valence-electron chi connectivity index (χ3n) is 3.94. The summed E-state index contributed by atoms with van der Waals surface area (Å²) < 4.78 is 34.6. The molecule has 10 heteroatoms.